The van der Waals surface area contributed by atoms with Crippen molar-refractivity contribution in [2.45, 2.75) is 6.92 Å². The van der Waals surface area contributed by atoms with Gasteiger partial charge in [-0.2, -0.15) is 0 Å². The summed E-state index contributed by atoms with van der Waals surface area (Å²) in [4.78, 5) is 0.305. The second kappa shape index (κ2) is 4.05. The SMILES string of the molecule is Cc1cccc(C(N)=CC(N)=S)c1. The first-order chi connectivity index (χ1) is 6.09. The van der Waals surface area contributed by atoms with Crippen LogP contribution in [0.5, 0.6) is 0 Å². The molecule has 0 unspecified atom stereocenters. The Balaban J connectivity index is 3.02. The Kier molecular flexibility index (Phi) is 3.03. The van der Waals surface area contributed by atoms with Crippen molar-refractivity contribution in [2.75, 3.05) is 0 Å². The molecule has 1 aromatic carbocycles. The summed E-state index contributed by atoms with van der Waals surface area (Å²) in [5.74, 6) is 0. The molecule has 0 aliphatic carbocycles. The zero-order valence-corrected chi connectivity index (χ0v) is 8.27. The molecule has 0 heterocycles. The average molecular weight is 192 g/mol. The van der Waals surface area contributed by atoms with Gasteiger partial charge in [-0.1, -0.05) is 36.0 Å². The van der Waals surface area contributed by atoms with Crippen LogP contribution in [0.1, 0.15) is 11.1 Å². The number of aryl methyl sites for hydroxylation is 1. The molecule has 3 heteroatoms. The van der Waals surface area contributed by atoms with E-state index in [2.05, 4.69) is 0 Å². The summed E-state index contributed by atoms with van der Waals surface area (Å²) in [5, 5.41) is 0. The van der Waals surface area contributed by atoms with Crippen molar-refractivity contribution in [3.63, 3.8) is 0 Å². The van der Waals surface area contributed by atoms with Crippen molar-refractivity contribution < 1.29 is 0 Å². The van der Waals surface area contributed by atoms with E-state index in [1.165, 1.54) is 0 Å². The normalized spacial score (nSPS) is 11.3. The highest BCUT2D eigenvalue weighted by Crippen LogP contribution is 2.10. The number of hydrogen-bond acceptors (Lipinski definition) is 2. The molecule has 0 spiro atoms. The molecule has 0 fully saturated rings. The minimum Gasteiger partial charge on any atom is -0.398 e. The minimum absolute atomic E-state index is 0.305. The van der Waals surface area contributed by atoms with Crippen molar-refractivity contribution in [1.82, 2.24) is 0 Å². The summed E-state index contributed by atoms with van der Waals surface area (Å²) < 4.78 is 0. The van der Waals surface area contributed by atoms with Crippen molar-refractivity contribution in [3.05, 3.63) is 41.5 Å². The minimum atomic E-state index is 0.305. The van der Waals surface area contributed by atoms with Gasteiger partial charge in [-0.15, -0.1) is 0 Å². The van der Waals surface area contributed by atoms with E-state index < -0.39 is 0 Å². The van der Waals surface area contributed by atoms with Crippen LogP contribution in [-0.4, -0.2) is 4.99 Å². The van der Waals surface area contributed by atoms with Gasteiger partial charge in [0.1, 0.15) is 0 Å². The van der Waals surface area contributed by atoms with E-state index in [0.29, 0.717) is 10.7 Å². The predicted octanol–water partition coefficient (Wildman–Crippen LogP) is 1.58. The van der Waals surface area contributed by atoms with Gasteiger partial charge in [0.25, 0.3) is 0 Å². The van der Waals surface area contributed by atoms with E-state index in [1.807, 2.05) is 31.2 Å². The number of nitrogens with two attached hydrogens (primary N) is 2. The van der Waals surface area contributed by atoms with Crippen molar-refractivity contribution in [1.29, 1.82) is 0 Å². The first kappa shape index (κ1) is 9.74. The highest BCUT2D eigenvalue weighted by molar-refractivity contribution is 7.80. The van der Waals surface area contributed by atoms with Crippen molar-refractivity contribution >= 4 is 22.9 Å². The third-order valence-corrected chi connectivity index (χ3v) is 1.77. The standard InChI is InChI=1S/C10H12N2S/c1-7-3-2-4-8(5-7)9(11)6-10(12)13/h2-6H,11H2,1H3,(H2,12,13). The third kappa shape index (κ3) is 2.87. The Morgan fingerprint density at radius 3 is 2.62 bits per heavy atom. The lowest BCUT2D eigenvalue weighted by molar-refractivity contribution is 1.42. The first-order valence-corrected chi connectivity index (χ1v) is 4.34. The second-order valence-electron chi connectivity index (χ2n) is 2.87. The van der Waals surface area contributed by atoms with E-state index in [0.717, 1.165) is 11.1 Å². The molecular formula is C10H12N2S. The van der Waals surface area contributed by atoms with Gasteiger partial charge in [0, 0.05) is 5.70 Å². The number of hydrogen-bond donors (Lipinski definition) is 2. The molecule has 1 aromatic rings. The molecule has 0 aliphatic heterocycles. The zero-order valence-electron chi connectivity index (χ0n) is 7.45. The highest BCUT2D eigenvalue weighted by Gasteiger charge is 1.96. The largest absolute Gasteiger partial charge is 0.398 e. The van der Waals surface area contributed by atoms with Crippen molar-refractivity contribution in [2.24, 2.45) is 11.5 Å². The van der Waals surface area contributed by atoms with Gasteiger partial charge >= 0.3 is 0 Å². The van der Waals surface area contributed by atoms with Crippen LogP contribution in [0.2, 0.25) is 0 Å². The van der Waals surface area contributed by atoms with Gasteiger partial charge < -0.3 is 11.5 Å². The molecule has 0 bridgehead atoms. The van der Waals surface area contributed by atoms with Gasteiger partial charge in [0.15, 0.2) is 0 Å². The van der Waals surface area contributed by atoms with Gasteiger partial charge in [-0.05, 0) is 24.6 Å². The monoisotopic (exact) mass is 192 g/mol. The number of thiocarbonyl (C=S) groups is 1. The second-order valence-corrected chi connectivity index (χ2v) is 3.34. The molecule has 1 rings (SSSR count). The quantitative estimate of drug-likeness (QED) is 0.552. The van der Waals surface area contributed by atoms with Crippen LogP contribution in [0, 0.1) is 6.92 Å². The Morgan fingerprint density at radius 1 is 1.38 bits per heavy atom. The van der Waals surface area contributed by atoms with E-state index in [-0.39, 0.29) is 0 Å². The fourth-order valence-corrected chi connectivity index (χ4v) is 1.19. The maximum atomic E-state index is 5.76. The maximum absolute atomic E-state index is 5.76. The third-order valence-electron chi connectivity index (χ3n) is 1.65. The van der Waals surface area contributed by atoms with Crippen LogP contribution >= 0.6 is 12.2 Å². The van der Waals surface area contributed by atoms with Gasteiger partial charge in [0.05, 0.1) is 4.99 Å². The zero-order chi connectivity index (χ0) is 9.84. The van der Waals surface area contributed by atoms with E-state index in [4.69, 9.17) is 23.7 Å². The molecule has 4 N–H and O–H groups in total. The molecule has 68 valence electrons. The molecule has 0 saturated carbocycles. The van der Waals surface area contributed by atoms with Crippen LogP contribution in [0.15, 0.2) is 30.3 Å². The summed E-state index contributed by atoms with van der Waals surface area (Å²) in [6, 6.07) is 7.88. The van der Waals surface area contributed by atoms with E-state index in [1.54, 1.807) is 6.08 Å². The summed E-state index contributed by atoms with van der Waals surface area (Å²) in [5.41, 5.74) is 13.8. The molecule has 13 heavy (non-hydrogen) atoms. The maximum Gasteiger partial charge on any atom is 0.0982 e. The van der Waals surface area contributed by atoms with Crippen LogP contribution in [0.4, 0.5) is 0 Å². The topological polar surface area (TPSA) is 52.0 Å². The van der Waals surface area contributed by atoms with Crippen LogP contribution in [0.25, 0.3) is 5.70 Å². The van der Waals surface area contributed by atoms with Crippen molar-refractivity contribution in [3.8, 4) is 0 Å². The van der Waals surface area contributed by atoms with Gasteiger partial charge in [0.2, 0.25) is 0 Å². The van der Waals surface area contributed by atoms with E-state index in [9.17, 15) is 0 Å². The Hall–Kier alpha value is -1.35. The number of benzene rings is 1. The fourth-order valence-electron chi connectivity index (χ4n) is 1.06. The van der Waals surface area contributed by atoms with Crippen LogP contribution in [-0.2, 0) is 0 Å². The Labute approximate surface area is 83.2 Å². The lowest BCUT2D eigenvalue weighted by atomic mass is 10.1. The molecular weight excluding hydrogens is 180 g/mol. The Bertz CT molecular complexity index is 356. The molecule has 0 amide bonds. The summed E-state index contributed by atoms with van der Waals surface area (Å²) >= 11 is 4.73. The Morgan fingerprint density at radius 2 is 2.08 bits per heavy atom. The predicted molar refractivity (Wildman–Crippen MR) is 60.1 cm³/mol. The van der Waals surface area contributed by atoms with Gasteiger partial charge in [-0.3, -0.25) is 0 Å². The van der Waals surface area contributed by atoms with Crippen LogP contribution in [0.3, 0.4) is 0 Å². The number of rotatable bonds is 2. The smallest absolute Gasteiger partial charge is 0.0982 e. The van der Waals surface area contributed by atoms with E-state index >= 15 is 0 Å². The first-order valence-electron chi connectivity index (χ1n) is 3.93. The average Bonchev–Trinajstić information content (AvgIpc) is 2.03. The van der Waals surface area contributed by atoms with Gasteiger partial charge in [-0.25, -0.2) is 0 Å². The molecule has 0 atom stereocenters. The summed E-state index contributed by atoms with van der Waals surface area (Å²) in [6.07, 6.45) is 1.59. The lowest BCUT2D eigenvalue weighted by Gasteiger charge is -2.01. The fraction of sp³-hybridized carbons (Fsp3) is 0.100. The lowest BCUT2D eigenvalue weighted by Crippen LogP contribution is -2.07. The molecule has 0 aliphatic rings. The summed E-state index contributed by atoms with van der Waals surface area (Å²) in [7, 11) is 0. The summed E-state index contributed by atoms with van der Waals surface area (Å²) in [6.45, 7) is 2.01. The molecule has 0 radical (unpaired) electrons. The molecule has 2 nitrogen and oxygen atoms in total. The highest BCUT2D eigenvalue weighted by atomic mass is 32.1. The molecule has 0 saturated heterocycles. The molecule has 0 aromatic heterocycles. The van der Waals surface area contributed by atoms with Crippen LogP contribution < -0.4 is 11.5 Å².